The van der Waals surface area contributed by atoms with Crippen molar-refractivity contribution in [1.82, 2.24) is 4.90 Å². The van der Waals surface area contributed by atoms with Crippen molar-refractivity contribution in [2.24, 2.45) is 0 Å². The first-order valence-electron chi connectivity index (χ1n) is 6.72. The molecule has 1 aromatic carbocycles. The van der Waals surface area contributed by atoms with Crippen LogP contribution in [0.25, 0.3) is 0 Å². The van der Waals surface area contributed by atoms with E-state index in [0.29, 0.717) is 23.9 Å². The number of halogens is 1. The topological polar surface area (TPSA) is 55.8 Å². The highest BCUT2D eigenvalue weighted by Gasteiger charge is 2.12. The minimum atomic E-state index is -0.313. The van der Waals surface area contributed by atoms with Crippen LogP contribution in [0.1, 0.15) is 18.9 Å². The van der Waals surface area contributed by atoms with Crippen molar-refractivity contribution >= 4 is 23.5 Å². The van der Waals surface area contributed by atoms with Crippen molar-refractivity contribution in [3.63, 3.8) is 0 Å². The summed E-state index contributed by atoms with van der Waals surface area (Å²) < 4.78 is 10.3. The maximum Gasteiger partial charge on any atom is 0.307 e. The molecule has 0 spiro atoms. The van der Waals surface area contributed by atoms with Crippen LogP contribution in [0.4, 0.5) is 0 Å². The van der Waals surface area contributed by atoms with Crippen LogP contribution in [0.2, 0.25) is 5.02 Å². The van der Waals surface area contributed by atoms with E-state index in [2.05, 4.69) is 0 Å². The molecule has 0 radical (unpaired) electrons. The van der Waals surface area contributed by atoms with Gasteiger partial charge in [0.05, 0.1) is 13.0 Å². The first-order chi connectivity index (χ1) is 9.93. The molecule has 116 valence electrons. The quantitative estimate of drug-likeness (QED) is 0.726. The molecule has 21 heavy (non-hydrogen) atoms. The lowest BCUT2D eigenvalue weighted by Gasteiger charge is -2.17. The van der Waals surface area contributed by atoms with Gasteiger partial charge < -0.3 is 14.4 Å². The summed E-state index contributed by atoms with van der Waals surface area (Å²) in [4.78, 5) is 24.6. The molecule has 5 nitrogen and oxygen atoms in total. The van der Waals surface area contributed by atoms with Crippen LogP contribution in [0.15, 0.2) is 18.2 Å². The Morgan fingerprint density at radius 1 is 1.33 bits per heavy atom. The number of hydrogen-bond acceptors (Lipinski definition) is 4. The first-order valence-corrected chi connectivity index (χ1v) is 7.10. The predicted octanol–water partition coefficient (Wildman–Crippen LogP) is 2.44. The van der Waals surface area contributed by atoms with E-state index in [-0.39, 0.29) is 24.9 Å². The maximum absolute atomic E-state index is 11.9. The van der Waals surface area contributed by atoms with Crippen LogP contribution in [0.3, 0.4) is 0 Å². The second-order valence-corrected chi connectivity index (χ2v) is 5.01. The third-order valence-corrected chi connectivity index (χ3v) is 3.11. The van der Waals surface area contributed by atoms with Crippen molar-refractivity contribution < 1.29 is 19.1 Å². The number of carbonyl (C=O) groups excluding carboxylic acids is 2. The maximum atomic E-state index is 11.9. The van der Waals surface area contributed by atoms with E-state index < -0.39 is 0 Å². The van der Waals surface area contributed by atoms with Crippen molar-refractivity contribution in [2.45, 2.75) is 20.3 Å². The number of carbonyl (C=O) groups is 2. The van der Waals surface area contributed by atoms with Gasteiger partial charge in [0.2, 0.25) is 0 Å². The lowest BCUT2D eigenvalue weighted by molar-refractivity contribution is -0.144. The molecule has 0 atom stereocenters. The Morgan fingerprint density at radius 3 is 2.67 bits per heavy atom. The fourth-order valence-electron chi connectivity index (χ4n) is 1.64. The summed E-state index contributed by atoms with van der Waals surface area (Å²) in [6, 6.07) is 5.20. The number of amides is 1. The molecule has 0 aromatic heterocycles. The van der Waals surface area contributed by atoms with Gasteiger partial charge in [0.1, 0.15) is 5.75 Å². The second kappa shape index (κ2) is 8.52. The Balaban J connectivity index is 2.40. The third-order valence-electron chi connectivity index (χ3n) is 2.87. The zero-order chi connectivity index (χ0) is 15.8. The number of likely N-dealkylation sites (N-methyl/N-ethyl adjacent to an activating group) is 1. The Morgan fingerprint density at radius 2 is 2.05 bits per heavy atom. The lowest BCUT2D eigenvalue weighted by Crippen LogP contribution is -2.33. The molecule has 0 N–H and O–H groups in total. The van der Waals surface area contributed by atoms with Crippen molar-refractivity contribution in [2.75, 3.05) is 26.8 Å². The molecule has 0 saturated carbocycles. The standard InChI is InChI=1S/C15H20ClNO4/c1-4-20-15(19)7-8-17(3)14(18)10-21-13-6-5-12(16)9-11(13)2/h5-6,9H,4,7-8,10H2,1-3H3. The van der Waals surface area contributed by atoms with Gasteiger partial charge in [-0.2, -0.15) is 0 Å². The minimum absolute atomic E-state index is 0.0815. The summed E-state index contributed by atoms with van der Waals surface area (Å²) in [6.45, 7) is 4.17. The van der Waals surface area contributed by atoms with Crippen molar-refractivity contribution in [1.29, 1.82) is 0 Å². The van der Waals surface area contributed by atoms with E-state index >= 15 is 0 Å². The molecule has 0 unspecified atom stereocenters. The number of nitrogens with zero attached hydrogens (tertiary/aromatic N) is 1. The van der Waals surface area contributed by atoms with Crippen LogP contribution in [0.5, 0.6) is 5.75 Å². The van der Waals surface area contributed by atoms with Gasteiger partial charge in [-0.1, -0.05) is 11.6 Å². The average Bonchev–Trinajstić information content (AvgIpc) is 2.43. The molecular weight excluding hydrogens is 294 g/mol. The van der Waals surface area contributed by atoms with E-state index in [4.69, 9.17) is 21.1 Å². The summed E-state index contributed by atoms with van der Waals surface area (Å²) in [6.07, 6.45) is 0.177. The molecule has 0 saturated heterocycles. The normalized spacial score (nSPS) is 10.1. The molecule has 0 aliphatic rings. The number of ether oxygens (including phenoxy) is 2. The average molecular weight is 314 g/mol. The Bertz CT molecular complexity index is 504. The fraction of sp³-hybridized carbons (Fsp3) is 0.467. The number of rotatable bonds is 7. The summed E-state index contributed by atoms with van der Waals surface area (Å²) >= 11 is 5.85. The Hall–Kier alpha value is -1.75. The van der Waals surface area contributed by atoms with E-state index in [9.17, 15) is 9.59 Å². The van der Waals surface area contributed by atoms with E-state index in [1.165, 1.54) is 4.90 Å². The SMILES string of the molecule is CCOC(=O)CCN(C)C(=O)COc1ccc(Cl)cc1C. The van der Waals surface area contributed by atoms with Crippen molar-refractivity contribution in [3.8, 4) is 5.75 Å². The molecular formula is C15H20ClNO4. The van der Waals surface area contributed by atoms with Crippen LogP contribution >= 0.6 is 11.6 Å². The van der Waals surface area contributed by atoms with Gasteiger partial charge in [-0.25, -0.2) is 0 Å². The predicted molar refractivity (Wildman–Crippen MR) is 80.6 cm³/mol. The van der Waals surface area contributed by atoms with Crippen LogP contribution in [-0.2, 0) is 14.3 Å². The summed E-state index contributed by atoms with van der Waals surface area (Å²) in [5.41, 5.74) is 0.865. The highest BCUT2D eigenvalue weighted by atomic mass is 35.5. The zero-order valence-corrected chi connectivity index (χ0v) is 13.3. The molecule has 0 aliphatic heterocycles. The zero-order valence-electron chi connectivity index (χ0n) is 12.5. The highest BCUT2D eigenvalue weighted by Crippen LogP contribution is 2.21. The molecule has 6 heteroatoms. The first kappa shape index (κ1) is 17.3. The Labute approximate surface area is 129 Å². The molecule has 0 aliphatic carbocycles. The molecule has 1 amide bonds. The van der Waals surface area contributed by atoms with Gasteiger partial charge in [0.15, 0.2) is 6.61 Å². The van der Waals surface area contributed by atoms with Gasteiger partial charge >= 0.3 is 5.97 Å². The number of aryl methyl sites for hydroxylation is 1. The van der Waals surface area contributed by atoms with Gasteiger partial charge in [-0.15, -0.1) is 0 Å². The second-order valence-electron chi connectivity index (χ2n) is 4.57. The summed E-state index contributed by atoms with van der Waals surface area (Å²) in [5.74, 6) is 0.104. The number of esters is 1. The molecule has 1 aromatic rings. The molecule has 0 bridgehead atoms. The molecule has 0 fully saturated rings. The largest absolute Gasteiger partial charge is 0.483 e. The monoisotopic (exact) mass is 313 g/mol. The molecule has 0 heterocycles. The number of benzene rings is 1. The Kier molecular flexibility index (Phi) is 7.02. The van der Waals surface area contributed by atoms with Gasteiger partial charge in [-0.3, -0.25) is 9.59 Å². The molecule has 1 rings (SSSR count). The third kappa shape index (κ3) is 6.04. The van der Waals surface area contributed by atoms with Gasteiger partial charge in [0.25, 0.3) is 5.91 Å². The van der Waals surface area contributed by atoms with E-state index in [0.717, 1.165) is 5.56 Å². The van der Waals surface area contributed by atoms with Gasteiger partial charge in [0, 0.05) is 18.6 Å². The highest BCUT2D eigenvalue weighted by molar-refractivity contribution is 6.30. The minimum Gasteiger partial charge on any atom is -0.483 e. The van der Waals surface area contributed by atoms with Crippen LogP contribution in [-0.4, -0.2) is 43.6 Å². The fourth-order valence-corrected chi connectivity index (χ4v) is 1.87. The van der Waals surface area contributed by atoms with E-state index in [1.807, 2.05) is 6.92 Å². The van der Waals surface area contributed by atoms with Gasteiger partial charge in [-0.05, 0) is 37.6 Å². The summed E-state index contributed by atoms with van der Waals surface area (Å²) in [7, 11) is 1.62. The van der Waals surface area contributed by atoms with Crippen LogP contribution in [0, 0.1) is 6.92 Å². The number of hydrogen-bond donors (Lipinski definition) is 0. The van der Waals surface area contributed by atoms with Crippen molar-refractivity contribution in [3.05, 3.63) is 28.8 Å². The summed E-state index contributed by atoms with van der Waals surface area (Å²) in [5, 5.41) is 0.623. The van der Waals surface area contributed by atoms with Crippen LogP contribution < -0.4 is 4.74 Å². The lowest BCUT2D eigenvalue weighted by atomic mass is 10.2. The van der Waals surface area contributed by atoms with E-state index in [1.54, 1.807) is 32.2 Å². The smallest absolute Gasteiger partial charge is 0.307 e.